The molecule has 1 heterocycles. The van der Waals surface area contributed by atoms with E-state index in [9.17, 15) is 4.79 Å². The average molecular weight is 359 g/mol. The van der Waals surface area contributed by atoms with E-state index in [1.54, 1.807) is 0 Å². The average Bonchev–Trinajstić information content (AvgIpc) is 3.07. The van der Waals surface area contributed by atoms with Crippen LogP contribution < -0.4 is 15.8 Å². The van der Waals surface area contributed by atoms with Crippen LogP contribution in [0.4, 0.5) is 5.13 Å². The molecule has 1 atom stereocenters. The van der Waals surface area contributed by atoms with Crippen molar-refractivity contribution in [2.24, 2.45) is 5.92 Å². The number of rotatable bonds is 6. The monoisotopic (exact) mass is 359 g/mol. The number of hydrogen-bond donors (Lipinski definition) is 2. The maximum absolute atomic E-state index is 12.1. The Bertz CT molecular complexity index is 693. The minimum Gasteiger partial charge on any atom is -0.484 e. The van der Waals surface area contributed by atoms with E-state index in [-0.39, 0.29) is 18.6 Å². The van der Waals surface area contributed by atoms with Crippen molar-refractivity contribution in [3.63, 3.8) is 0 Å². The van der Waals surface area contributed by atoms with Gasteiger partial charge in [0.1, 0.15) is 5.75 Å². The van der Waals surface area contributed by atoms with E-state index in [1.165, 1.54) is 43.4 Å². The van der Waals surface area contributed by atoms with E-state index < -0.39 is 0 Å². The van der Waals surface area contributed by atoms with Crippen LogP contribution in [-0.2, 0) is 4.79 Å². The summed E-state index contributed by atoms with van der Waals surface area (Å²) < 4.78 is 5.60. The van der Waals surface area contributed by atoms with E-state index in [0.29, 0.717) is 16.8 Å². The zero-order valence-electron chi connectivity index (χ0n) is 14.5. The number of nitrogen functional groups attached to an aromatic ring is 1. The van der Waals surface area contributed by atoms with Gasteiger partial charge in [-0.1, -0.05) is 19.3 Å². The standard InChI is InChI=1S/C19H25N3O2S/c1-13(14-5-3-2-4-6-14)21-18(23)11-24-16-9-7-15(8-10-16)17-12-25-19(20)22-17/h7-10,12-14H,2-6,11H2,1H3,(H2,20,22)(H,21,23). The molecule has 3 N–H and O–H groups in total. The highest BCUT2D eigenvalue weighted by Gasteiger charge is 2.21. The highest BCUT2D eigenvalue weighted by Crippen LogP contribution is 2.26. The van der Waals surface area contributed by atoms with Gasteiger partial charge in [0, 0.05) is 17.0 Å². The predicted octanol–water partition coefficient (Wildman–Crippen LogP) is 3.86. The normalized spacial score (nSPS) is 16.4. The molecular formula is C19H25N3O2S. The van der Waals surface area contributed by atoms with Crippen LogP contribution >= 0.6 is 11.3 Å². The van der Waals surface area contributed by atoms with Crippen molar-refractivity contribution in [1.82, 2.24) is 10.3 Å². The van der Waals surface area contributed by atoms with Crippen molar-refractivity contribution < 1.29 is 9.53 Å². The van der Waals surface area contributed by atoms with Crippen molar-refractivity contribution in [3.8, 4) is 17.0 Å². The number of nitrogens with one attached hydrogen (secondary N) is 1. The molecule has 1 fully saturated rings. The smallest absolute Gasteiger partial charge is 0.258 e. The molecule has 1 unspecified atom stereocenters. The van der Waals surface area contributed by atoms with Gasteiger partial charge in [0.25, 0.3) is 5.91 Å². The first-order valence-corrected chi connectivity index (χ1v) is 9.73. The minimum absolute atomic E-state index is 0.0417. The molecule has 1 aliphatic rings. The number of aromatic nitrogens is 1. The van der Waals surface area contributed by atoms with E-state index in [4.69, 9.17) is 10.5 Å². The van der Waals surface area contributed by atoms with Crippen LogP contribution in [-0.4, -0.2) is 23.5 Å². The highest BCUT2D eigenvalue weighted by molar-refractivity contribution is 7.13. The lowest BCUT2D eigenvalue weighted by Crippen LogP contribution is -2.41. The Hall–Kier alpha value is -2.08. The number of thiazole rings is 1. The quantitative estimate of drug-likeness (QED) is 0.821. The molecule has 2 aromatic rings. The fraction of sp³-hybridized carbons (Fsp3) is 0.474. The predicted molar refractivity (Wildman–Crippen MR) is 102 cm³/mol. The Morgan fingerprint density at radius 3 is 2.68 bits per heavy atom. The third kappa shape index (κ3) is 4.95. The molecule has 1 aromatic carbocycles. The summed E-state index contributed by atoms with van der Waals surface area (Å²) >= 11 is 1.42. The summed E-state index contributed by atoms with van der Waals surface area (Å²) in [7, 11) is 0. The Labute approximate surface area is 152 Å². The van der Waals surface area contributed by atoms with Crippen LogP contribution in [0.25, 0.3) is 11.3 Å². The summed E-state index contributed by atoms with van der Waals surface area (Å²) in [5.74, 6) is 1.21. The summed E-state index contributed by atoms with van der Waals surface area (Å²) in [6, 6.07) is 7.76. The Morgan fingerprint density at radius 1 is 1.32 bits per heavy atom. The van der Waals surface area contributed by atoms with Crippen molar-refractivity contribution in [2.75, 3.05) is 12.3 Å². The van der Waals surface area contributed by atoms with Crippen molar-refractivity contribution >= 4 is 22.4 Å². The first kappa shape index (κ1) is 17.7. The summed E-state index contributed by atoms with van der Waals surface area (Å²) in [5.41, 5.74) is 7.50. The highest BCUT2D eigenvalue weighted by atomic mass is 32.1. The van der Waals surface area contributed by atoms with Gasteiger partial charge in [0.2, 0.25) is 0 Å². The third-order valence-electron chi connectivity index (χ3n) is 4.79. The van der Waals surface area contributed by atoms with Crippen LogP contribution in [0.5, 0.6) is 5.75 Å². The zero-order chi connectivity index (χ0) is 17.6. The molecule has 1 amide bonds. The topological polar surface area (TPSA) is 77.2 Å². The number of carbonyl (C=O) groups excluding carboxylic acids is 1. The Kier molecular flexibility index (Phi) is 5.91. The van der Waals surface area contributed by atoms with Gasteiger partial charge in [0.05, 0.1) is 5.69 Å². The fourth-order valence-corrected chi connectivity index (χ4v) is 3.91. The van der Waals surface area contributed by atoms with Gasteiger partial charge < -0.3 is 15.8 Å². The summed E-state index contributed by atoms with van der Waals surface area (Å²) in [6.45, 7) is 2.14. The molecule has 0 bridgehead atoms. The van der Waals surface area contributed by atoms with Crippen LogP contribution in [0.1, 0.15) is 39.0 Å². The molecule has 1 aromatic heterocycles. The van der Waals surface area contributed by atoms with Gasteiger partial charge in [0.15, 0.2) is 11.7 Å². The molecule has 5 nitrogen and oxygen atoms in total. The zero-order valence-corrected chi connectivity index (χ0v) is 15.3. The Balaban J connectivity index is 1.47. The van der Waals surface area contributed by atoms with Gasteiger partial charge in [-0.25, -0.2) is 4.98 Å². The molecule has 25 heavy (non-hydrogen) atoms. The summed E-state index contributed by atoms with van der Waals surface area (Å²) in [5, 5.41) is 5.55. The number of anilines is 1. The van der Waals surface area contributed by atoms with Crippen LogP contribution in [0.2, 0.25) is 0 Å². The lowest BCUT2D eigenvalue weighted by Gasteiger charge is -2.28. The summed E-state index contributed by atoms with van der Waals surface area (Å²) in [4.78, 5) is 16.4. The Morgan fingerprint density at radius 2 is 2.04 bits per heavy atom. The molecule has 0 saturated heterocycles. The second-order valence-electron chi connectivity index (χ2n) is 6.64. The third-order valence-corrected chi connectivity index (χ3v) is 5.46. The van der Waals surface area contributed by atoms with Crippen molar-refractivity contribution in [1.29, 1.82) is 0 Å². The van der Waals surface area contributed by atoms with Gasteiger partial charge in [-0.05, 0) is 49.9 Å². The largest absolute Gasteiger partial charge is 0.484 e. The van der Waals surface area contributed by atoms with Crippen LogP contribution in [0, 0.1) is 5.92 Å². The van der Waals surface area contributed by atoms with Gasteiger partial charge in [-0.3, -0.25) is 4.79 Å². The maximum atomic E-state index is 12.1. The second kappa shape index (κ2) is 8.34. The van der Waals surface area contributed by atoms with E-state index in [1.807, 2.05) is 29.6 Å². The lowest BCUT2D eigenvalue weighted by molar-refractivity contribution is -0.124. The number of amides is 1. The number of carbonyl (C=O) groups is 1. The molecule has 1 saturated carbocycles. The van der Waals surface area contributed by atoms with Gasteiger partial charge >= 0.3 is 0 Å². The molecule has 6 heteroatoms. The van der Waals surface area contributed by atoms with E-state index >= 15 is 0 Å². The summed E-state index contributed by atoms with van der Waals surface area (Å²) in [6.07, 6.45) is 6.30. The maximum Gasteiger partial charge on any atom is 0.258 e. The minimum atomic E-state index is -0.0607. The van der Waals surface area contributed by atoms with E-state index in [0.717, 1.165) is 11.3 Å². The van der Waals surface area contributed by atoms with E-state index in [2.05, 4.69) is 17.2 Å². The van der Waals surface area contributed by atoms with Crippen LogP contribution in [0.3, 0.4) is 0 Å². The molecule has 134 valence electrons. The SMILES string of the molecule is CC(NC(=O)COc1ccc(-c2csc(N)n2)cc1)C1CCCCC1. The number of nitrogens with two attached hydrogens (primary N) is 1. The van der Waals surface area contributed by atoms with Gasteiger partial charge in [-0.15, -0.1) is 11.3 Å². The molecule has 0 spiro atoms. The number of nitrogens with zero attached hydrogens (tertiary/aromatic N) is 1. The fourth-order valence-electron chi connectivity index (χ4n) is 3.34. The molecular weight excluding hydrogens is 334 g/mol. The second-order valence-corrected chi connectivity index (χ2v) is 7.53. The molecule has 0 aliphatic heterocycles. The lowest BCUT2D eigenvalue weighted by atomic mass is 9.84. The molecule has 3 rings (SSSR count). The van der Waals surface area contributed by atoms with Gasteiger partial charge in [-0.2, -0.15) is 0 Å². The van der Waals surface area contributed by atoms with Crippen molar-refractivity contribution in [3.05, 3.63) is 29.6 Å². The number of ether oxygens (including phenoxy) is 1. The first-order chi connectivity index (χ1) is 12.1. The number of benzene rings is 1. The molecule has 1 aliphatic carbocycles. The van der Waals surface area contributed by atoms with Crippen LogP contribution in [0.15, 0.2) is 29.6 Å². The molecule has 0 radical (unpaired) electrons. The first-order valence-electron chi connectivity index (χ1n) is 8.85. The van der Waals surface area contributed by atoms with Crippen molar-refractivity contribution in [2.45, 2.75) is 45.1 Å². The number of hydrogen-bond acceptors (Lipinski definition) is 5.